The molecule has 2 aliphatic rings. The normalized spacial score (nSPS) is 20.9. The average molecular weight is 291 g/mol. The number of aryl methyl sites for hydroxylation is 2. The summed E-state index contributed by atoms with van der Waals surface area (Å²) >= 11 is 6.22. The Labute approximate surface area is 121 Å². The summed E-state index contributed by atoms with van der Waals surface area (Å²) in [7, 11) is 0. The SMILES string of the molecule is O=C(O)C1CNCCc2c1n1c3c(cc(Cl)cc23)CC1. The first-order valence-corrected chi connectivity index (χ1v) is 7.31. The van der Waals surface area contributed by atoms with Crippen LogP contribution in [0.2, 0.25) is 5.02 Å². The van der Waals surface area contributed by atoms with Gasteiger partial charge in [0.25, 0.3) is 0 Å². The van der Waals surface area contributed by atoms with Crippen LogP contribution in [0.4, 0.5) is 0 Å². The quantitative estimate of drug-likeness (QED) is 0.846. The minimum atomic E-state index is -0.751. The lowest BCUT2D eigenvalue weighted by atomic mass is 9.98. The van der Waals surface area contributed by atoms with Crippen LogP contribution in [-0.4, -0.2) is 28.7 Å². The first kappa shape index (κ1) is 12.2. The number of benzene rings is 1. The monoisotopic (exact) mass is 290 g/mol. The van der Waals surface area contributed by atoms with Crippen LogP contribution in [0.5, 0.6) is 0 Å². The molecule has 5 heteroatoms. The summed E-state index contributed by atoms with van der Waals surface area (Å²) in [5, 5.41) is 14.7. The van der Waals surface area contributed by atoms with Gasteiger partial charge in [0.05, 0.1) is 5.52 Å². The largest absolute Gasteiger partial charge is 0.481 e. The topological polar surface area (TPSA) is 54.3 Å². The fourth-order valence-electron chi connectivity index (χ4n) is 3.70. The van der Waals surface area contributed by atoms with E-state index in [-0.39, 0.29) is 0 Å². The fourth-order valence-corrected chi connectivity index (χ4v) is 3.94. The van der Waals surface area contributed by atoms with Crippen molar-refractivity contribution in [3.8, 4) is 0 Å². The molecule has 0 amide bonds. The van der Waals surface area contributed by atoms with Gasteiger partial charge in [-0.2, -0.15) is 0 Å². The minimum absolute atomic E-state index is 0.468. The van der Waals surface area contributed by atoms with E-state index < -0.39 is 11.9 Å². The van der Waals surface area contributed by atoms with Gasteiger partial charge in [-0.25, -0.2) is 0 Å². The van der Waals surface area contributed by atoms with Crippen molar-refractivity contribution in [3.63, 3.8) is 0 Å². The highest BCUT2D eigenvalue weighted by atomic mass is 35.5. The summed E-state index contributed by atoms with van der Waals surface area (Å²) < 4.78 is 2.21. The molecule has 104 valence electrons. The maximum absolute atomic E-state index is 11.6. The second-order valence-corrected chi connectivity index (χ2v) is 6.01. The Morgan fingerprint density at radius 2 is 2.25 bits per heavy atom. The van der Waals surface area contributed by atoms with Crippen molar-refractivity contribution in [3.05, 3.63) is 34.0 Å². The maximum atomic E-state index is 11.6. The standard InChI is InChI=1S/C15H15ClN2O2/c16-9-5-8-2-4-18-13(8)11(6-9)10-1-3-17-7-12(14(10)18)15(19)20/h5-6,12,17H,1-4,7H2,(H,19,20). The Hall–Kier alpha value is -1.52. The lowest BCUT2D eigenvalue weighted by Gasteiger charge is -2.14. The van der Waals surface area contributed by atoms with Gasteiger partial charge in [-0.15, -0.1) is 0 Å². The molecule has 0 radical (unpaired) electrons. The Morgan fingerprint density at radius 1 is 1.40 bits per heavy atom. The molecule has 1 aromatic carbocycles. The van der Waals surface area contributed by atoms with E-state index in [4.69, 9.17) is 11.6 Å². The van der Waals surface area contributed by atoms with Crippen molar-refractivity contribution < 1.29 is 9.90 Å². The molecule has 1 atom stereocenters. The number of rotatable bonds is 1. The third-order valence-electron chi connectivity index (χ3n) is 4.48. The van der Waals surface area contributed by atoms with Crippen molar-refractivity contribution in [2.45, 2.75) is 25.3 Å². The third-order valence-corrected chi connectivity index (χ3v) is 4.70. The molecule has 0 bridgehead atoms. The van der Waals surface area contributed by atoms with Crippen molar-refractivity contribution in [2.75, 3.05) is 13.1 Å². The number of carboxylic acids is 1. The molecule has 4 nitrogen and oxygen atoms in total. The number of carbonyl (C=O) groups is 1. The van der Waals surface area contributed by atoms with E-state index in [1.807, 2.05) is 12.1 Å². The Balaban J connectivity index is 2.08. The highest BCUT2D eigenvalue weighted by Crippen LogP contribution is 2.39. The van der Waals surface area contributed by atoms with Gasteiger partial charge in [0.15, 0.2) is 0 Å². The van der Waals surface area contributed by atoms with E-state index in [0.29, 0.717) is 6.54 Å². The molecule has 1 aromatic heterocycles. The lowest BCUT2D eigenvalue weighted by molar-refractivity contribution is -0.138. The van der Waals surface area contributed by atoms with Crippen LogP contribution in [0.25, 0.3) is 10.9 Å². The summed E-state index contributed by atoms with van der Waals surface area (Å²) in [6.07, 6.45) is 1.81. The number of hydrogen-bond donors (Lipinski definition) is 2. The van der Waals surface area contributed by atoms with E-state index in [1.165, 1.54) is 16.6 Å². The van der Waals surface area contributed by atoms with Gasteiger partial charge in [-0.3, -0.25) is 4.79 Å². The van der Waals surface area contributed by atoms with Crippen molar-refractivity contribution in [1.82, 2.24) is 9.88 Å². The number of hydrogen-bond acceptors (Lipinski definition) is 2. The summed E-state index contributed by atoms with van der Waals surface area (Å²) in [6, 6.07) is 4.01. The van der Waals surface area contributed by atoms with Gasteiger partial charge < -0.3 is 15.0 Å². The third kappa shape index (κ3) is 1.55. The second-order valence-electron chi connectivity index (χ2n) is 5.57. The van der Waals surface area contributed by atoms with Gasteiger partial charge in [0, 0.05) is 29.2 Å². The average Bonchev–Trinajstić information content (AvgIpc) is 2.85. The number of nitrogens with zero attached hydrogens (tertiary/aromatic N) is 1. The van der Waals surface area contributed by atoms with Gasteiger partial charge in [0.1, 0.15) is 5.92 Å². The molecule has 0 fully saturated rings. The summed E-state index contributed by atoms with van der Waals surface area (Å²) in [5.74, 6) is -1.22. The van der Waals surface area contributed by atoms with Crippen molar-refractivity contribution >= 4 is 28.5 Å². The van der Waals surface area contributed by atoms with Crippen LogP contribution in [0.15, 0.2) is 12.1 Å². The number of aromatic nitrogens is 1. The number of carboxylic acid groups (broad SMARTS) is 1. The number of fused-ring (bicyclic) bond motifs is 3. The zero-order valence-corrected chi connectivity index (χ0v) is 11.7. The van der Waals surface area contributed by atoms with E-state index in [2.05, 4.69) is 9.88 Å². The highest BCUT2D eigenvalue weighted by molar-refractivity contribution is 6.31. The molecule has 0 saturated heterocycles. The van der Waals surface area contributed by atoms with E-state index >= 15 is 0 Å². The van der Waals surface area contributed by atoms with Gasteiger partial charge >= 0.3 is 5.97 Å². The van der Waals surface area contributed by atoms with Crippen LogP contribution >= 0.6 is 11.6 Å². The summed E-state index contributed by atoms with van der Waals surface area (Å²) in [6.45, 7) is 2.19. The number of nitrogens with one attached hydrogen (secondary N) is 1. The first-order chi connectivity index (χ1) is 9.66. The molecule has 0 aliphatic carbocycles. The van der Waals surface area contributed by atoms with Crippen LogP contribution in [0.1, 0.15) is 22.7 Å². The molecule has 2 aliphatic heterocycles. The molecule has 1 unspecified atom stereocenters. The first-order valence-electron chi connectivity index (χ1n) is 6.93. The minimum Gasteiger partial charge on any atom is -0.481 e. The molecule has 2 N–H and O–H groups in total. The fraction of sp³-hybridized carbons (Fsp3) is 0.400. The zero-order valence-electron chi connectivity index (χ0n) is 10.9. The molecule has 20 heavy (non-hydrogen) atoms. The Kier molecular flexibility index (Phi) is 2.59. The second kappa shape index (κ2) is 4.24. The van der Waals surface area contributed by atoms with Crippen LogP contribution in [0, 0.1) is 0 Å². The molecule has 0 spiro atoms. The van der Waals surface area contributed by atoms with E-state index in [1.54, 1.807) is 0 Å². The van der Waals surface area contributed by atoms with Crippen molar-refractivity contribution in [1.29, 1.82) is 0 Å². The number of aliphatic carboxylic acids is 1. The maximum Gasteiger partial charge on any atom is 0.313 e. The van der Waals surface area contributed by atoms with Crippen LogP contribution < -0.4 is 5.32 Å². The Bertz CT molecular complexity index is 735. The van der Waals surface area contributed by atoms with Crippen molar-refractivity contribution in [2.24, 2.45) is 0 Å². The summed E-state index contributed by atoms with van der Waals surface area (Å²) in [4.78, 5) is 11.6. The molecule has 3 heterocycles. The lowest BCUT2D eigenvalue weighted by Crippen LogP contribution is -2.26. The Morgan fingerprint density at radius 3 is 3.05 bits per heavy atom. The molecular weight excluding hydrogens is 276 g/mol. The van der Waals surface area contributed by atoms with E-state index in [9.17, 15) is 9.90 Å². The highest BCUT2D eigenvalue weighted by Gasteiger charge is 2.33. The zero-order chi connectivity index (χ0) is 13.9. The van der Waals surface area contributed by atoms with Gasteiger partial charge in [-0.1, -0.05) is 11.6 Å². The summed E-state index contributed by atoms with van der Waals surface area (Å²) in [5.41, 5.74) is 4.60. The van der Waals surface area contributed by atoms with Crippen LogP contribution in [-0.2, 0) is 24.2 Å². The number of halogens is 1. The van der Waals surface area contributed by atoms with Gasteiger partial charge in [0.2, 0.25) is 0 Å². The predicted molar refractivity (Wildman–Crippen MR) is 77.6 cm³/mol. The molecule has 0 saturated carbocycles. The van der Waals surface area contributed by atoms with Crippen LogP contribution in [0.3, 0.4) is 0 Å². The smallest absolute Gasteiger partial charge is 0.313 e. The van der Waals surface area contributed by atoms with E-state index in [0.717, 1.165) is 42.0 Å². The molecule has 2 aromatic rings. The molecule has 4 rings (SSSR count). The van der Waals surface area contributed by atoms with Gasteiger partial charge in [-0.05, 0) is 42.6 Å². The predicted octanol–water partition coefficient (Wildman–Crippen LogP) is 2.16. The molecular formula is C15H15ClN2O2.